The SMILES string of the molecule is COc1cc(P(C)(C)=O)ccc1NC1=NC2NC=C(C#N)C2C(NC2CCC2)=N1. The summed E-state index contributed by atoms with van der Waals surface area (Å²) in [4.78, 5) is 9.33. The molecule has 2 heterocycles. The molecule has 1 fully saturated rings. The van der Waals surface area contributed by atoms with E-state index < -0.39 is 7.14 Å². The third-order valence-corrected chi connectivity index (χ3v) is 7.00. The summed E-state index contributed by atoms with van der Waals surface area (Å²) in [5, 5.41) is 20.1. The number of benzene rings is 1. The summed E-state index contributed by atoms with van der Waals surface area (Å²) in [6.45, 7) is 3.46. The first-order chi connectivity index (χ1) is 13.9. The monoisotopic (exact) mass is 412 g/mol. The van der Waals surface area contributed by atoms with Gasteiger partial charge in [0.25, 0.3) is 0 Å². The van der Waals surface area contributed by atoms with Gasteiger partial charge in [-0.05, 0) is 50.8 Å². The molecule has 1 aliphatic carbocycles. The third-order valence-electron chi connectivity index (χ3n) is 5.48. The number of fused-ring (bicyclic) bond motifs is 1. The number of rotatable bonds is 4. The van der Waals surface area contributed by atoms with Crippen molar-refractivity contribution < 1.29 is 9.30 Å². The quantitative estimate of drug-likeness (QED) is 0.654. The van der Waals surface area contributed by atoms with Crippen molar-refractivity contribution in [3.05, 3.63) is 30.0 Å². The van der Waals surface area contributed by atoms with Crippen molar-refractivity contribution in [2.24, 2.45) is 15.9 Å². The number of hydrogen-bond acceptors (Lipinski definition) is 8. The lowest BCUT2D eigenvalue weighted by molar-refractivity contribution is 0.376. The van der Waals surface area contributed by atoms with Crippen molar-refractivity contribution in [1.29, 1.82) is 5.26 Å². The predicted octanol–water partition coefficient (Wildman–Crippen LogP) is 2.22. The van der Waals surface area contributed by atoms with Crippen molar-refractivity contribution >= 4 is 29.9 Å². The van der Waals surface area contributed by atoms with Crippen molar-refractivity contribution in [3.63, 3.8) is 0 Å². The molecule has 0 radical (unpaired) electrons. The van der Waals surface area contributed by atoms with E-state index in [1.165, 1.54) is 6.42 Å². The Morgan fingerprint density at radius 1 is 1.34 bits per heavy atom. The molecule has 152 valence electrons. The van der Waals surface area contributed by atoms with E-state index in [4.69, 9.17) is 4.74 Å². The molecular formula is C20H25N6O2P. The van der Waals surface area contributed by atoms with Gasteiger partial charge < -0.3 is 25.3 Å². The van der Waals surface area contributed by atoms with Gasteiger partial charge in [-0.15, -0.1) is 0 Å². The Morgan fingerprint density at radius 3 is 2.76 bits per heavy atom. The molecule has 9 heteroatoms. The maximum Gasteiger partial charge on any atom is 0.226 e. The number of aliphatic imine (C=N–C) groups is 2. The highest BCUT2D eigenvalue weighted by molar-refractivity contribution is 7.70. The number of hydrogen-bond donors (Lipinski definition) is 3. The minimum Gasteiger partial charge on any atom is -0.495 e. The maximum absolute atomic E-state index is 12.4. The van der Waals surface area contributed by atoms with Gasteiger partial charge in [0.1, 0.15) is 24.9 Å². The average Bonchev–Trinajstić information content (AvgIpc) is 3.07. The van der Waals surface area contributed by atoms with Crippen LogP contribution in [0, 0.1) is 17.2 Å². The average molecular weight is 412 g/mol. The molecule has 0 saturated heterocycles. The largest absolute Gasteiger partial charge is 0.495 e. The Bertz CT molecular complexity index is 999. The molecule has 0 aromatic heterocycles. The fourth-order valence-electron chi connectivity index (χ4n) is 3.57. The minimum atomic E-state index is -2.39. The van der Waals surface area contributed by atoms with Gasteiger partial charge in [0, 0.05) is 17.5 Å². The zero-order valence-electron chi connectivity index (χ0n) is 16.8. The van der Waals surface area contributed by atoms with Gasteiger partial charge in [0.2, 0.25) is 5.96 Å². The molecule has 0 spiro atoms. The first kappa shape index (κ1) is 19.5. The van der Waals surface area contributed by atoms with Gasteiger partial charge in [-0.25, -0.2) is 4.99 Å². The Morgan fingerprint density at radius 2 is 2.14 bits per heavy atom. The molecule has 2 atom stereocenters. The smallest absolute Gasteiger partial charge is 0.226 e. The van der Waals surface area contributed by atoms with E-state index in [9.17, 15) is 9.83 Å². The molecule has 0 amide bonds. The summed E-state index contributed by atoms with van der Waals surface area (Å²) in [7, 11) is -0.815. The topological polar surface area (TPSA) is 111 Å². The van der Waals surface area contributed by atoms with Crippen LogP contribution >= 0.6 is 7.14 Å². The Balaban J connectivity index is 1.62. The van der Waals surface area contributed by atoms with Crippen LogP contribution in [0.5, 0.6) is 5.75 Å². The number of anilines is 1. The second-order valence-corrected chi connectivity index (χ2v) is 11.1. The molecule has 1 aromatic rings. The van der Waals surface area contributed by atoms with E-state index in [1.54, 1.807) is 32.7 Å². The van der Waals surface area contributed by atoms with Crippen LogP contribution in [0.1, 0.15) is 19.3 Å². The molecule has 2 aliphatic heterocycles. The van der Waals surface area contributed by atoms with Crippen molar-refractivity contribution in [1.82, 2.24) is 10.6 Å². The highest BCUT2D eigenvalue weighted by Gasteiger charge is 2.38. The highest BCUT2D eigenvalue weighted by atomic mass is 31.2. The fraction of sp³-hybridized carbons (Fsp3) is 0.450. The zero-order valence-corrected chi connectivity index (χ0v) is 17.7. The van der Waals surface area contributed by atoms with E-state index in [-0.39, 0.29) is 12.1 Å². The van der Waals surface area contributed by atoms with Gasteiger partial charge >= 0.3 is 0 Å². The summed E-state index contributed by atoms with van der Waals surface area (Å²) in [6, 6.07) is 8.09. The Hall–Kier alpha value is -2.78. The number of amidine groups is 1. The first-order valence-corrected chi connectivity index (χ1v) is 12.3. The van der Waals surface area contributed by atoms with Crippen LogP contribution in [-0.2, 0) is 4.57 Å². The lowest BCUT2D eigenvalue weighted by Gasteiger charge is -2.32. The van der Waals surface area contributed by atoms with Crippen LogP contribution in [0.15, 0.2) is 40.0 Å². The van der Waals surface area contributed by atoms with Crippen molar-refractivity contribution in [2.75, 3.05) is 25.8 Å². The maximum atomic E-state index is 12.4. The van der Waals surface area contributed by atoms with E-state index in [2.05, 4.69) is 32.0 Å². The number of nitriles is 1. The van der Waals surface area contributed by atoms with Gasteiger partial charge in [-0.1, -0.05) is 0 Å². The summed E-state index contributed by atoms with van der Waals surface area (Å²) < 4.78 is 17.9. The van der Waals surface area contributed by atoms with Crippen molar-refractivity contribution in [3.8, 4) is 11.8 Å². The lowest BCUT2D eigenvalue weighted by atomic mass is 9.91. The van der Waals surface area contributed by atoms with Crippen LogP contribution < -0.4 is 26.0 Å². The fourth-order valence-corrected chi connectivity index (χ4v) is 4.43. The summed E-state index contributed by atoms with van der Waals surface area (Å²) in [6.07, 6.45) is 4.87. The second-order valence-electron chi connectivity index (χ2n) is 7.88. The minimum absolute atomic E-state index is 0.193. The molecule has 29 heavy (non-hydrogen) atoms. The number of guanidine groups is 1. The van der Waals surface area contributed by atoms with Crippen LogP contribution in [0.2, 0.25) is 0 Å². The summed E-state index contributed by atoms with van der Waals surface area (Å²) in [5.74, 6) is 1.59. The van der Waals surface area contributed by atoms with E-state index in [0.717, 1.165) is 24.0 Å². The molecular weight excluding hydrogens is 387 g/mol. The number of ether oxygens (including phenoxy) is 1. The Labute approximate surface area is 170 Å². The standard InChI is InChI=1S/C20H25N6O2P/c1-28-16-9-14(29(2,3)27)7-8-15(16)24-20-25-18-17(12(10-21)11-22-18)19(26-20)23-13-5-4-6-13/h7-9,11,13,17-18,22H,4-6H2,1-3H3,(H2,23,24,25,26). The van der Waals surface area contributed by atoms with Gasteiger partial charge in [-0.3, -0.25) is 0 Å². The predicted molar refractivity (Wildman–Crippen MR) is 115 cm³/mol. The van der Waals surface area contributed by atoms with E-state index >= 15 is 0 Å². The third kappa shape index (κ3) is 3.88. The first-order valence-electron chi connectivity index (χ1n) is 9.69. The van der Waals surface area contributed by atoms with E-state index in [0.29, 0.717) is 29.0 Å². The molecule has 1 aromatic carbocycles. The number of nitrogens with zero attached hydrogens (tertiary/aromatic N) is 3. The molecule has 2 unspecified atom stereocenters. The molecule has 4 rings (SSSR count). The molecule has 3 N–H and O–H groups in total. The molecule has 0 bridgehead atoms. The summed E-state index contributed by atoms with van der Waals surface area (Å²) >= 11 is 0. The molecule has 3 aliphatic rings. The van der Waals surface area contributed by atoms with Crippen molar-refractivity contribution in [2.45, 2.75) is 31.5 Å². The normalized spacial score (nSPS) is 23.4. The van der Waals surface area contributed by atoms with Gasteiger partial charge in [0.05, 0.1) is 30.4 Å². The van der Waals surface area contributed by atoms with Crippen LogP contribution in [-0.4, -0.2) is 44.4 Å². The molecule has 8 nitrogen and oxygen atoms in total. The van der Waals surface area contributed by atoms with Gasteiger partial charge in [-0.2, -0.15) is 10.3 Å². The molecule has 1 saturated carbocycles. The Kier molecular flexibility index (Phi) is 5.10. The van der Waals surface area contributed by atoms with Gasteiger partial charge in [0.15, 0.2) is 0 Å². The van der Waals surface area contributed by atoms with Crippen LogP contribution in [0.3, 0.4) is 0 Å². The van der Waals surface area contributed by atoms with E-state index in [1.807, 2.05) is 12.1 Å². The zero-order chi connectivity index (χ0) is 20.6. The highest BCUT2D eigenvalue weighted by Crippen LogP contribution is 2.37. The van der Waals surface area contributed by atoms with Crippen LogP contribution in [0.25, 0.3) is 0 Å². The van der Waals surface area contributed by atoms with Crippen LogP contribution in [0.4, 0.5) is 5.69 Å². The second kappa shape index (κ2) is 7.57. The number of nitrogens with one attached hydrogen (secondary N) is 3. The summed E-state index contributed by atoms with van der Waals surface area (Å²) in [5.41, 5.74) is 1.33. The number of methoxy groups -OCH3 is 1. The lowest BCUT2D eigenvalue weighted by Crippen LogP contribution is -2.49.